The van der Waals surface area contributed by atoms with Crippen LogP contribution in [0, 0.1) is 6.92 Å². The summed E-state index contributed by atoms with van der Waals surface area (Å²) in [5.74, 6) is 1.61. The molecule has 0 aliphatic carbocycles. The maximum atomic E-state index is 5.97. The molecule has 0 unspecified atom stereocenters. The van der Waals surface area contributed by atoms with Crippen molar-refractivity contribution in [1.82, 2.24) is 14.4 Å². The molecule has 1 N–H and O–H groups in total. The average Bonchev–Trinajstić information content (AvgIpc) is 3.00. The van der Waals surface area contributed by atoms with Gasteiger partial charge in [0.25, 0.3) is 0 Å². The van der Waals surface area contributed by atoms with Gasteiger partial charge < -0.3 is 5.32 Å². The minimum atomic E-state index is 0.678. The summed E-state index contributed by atoms with van der Waals surface area (Å²) >= 11 is 5.97. The Morgan fingerprint density at radius 1 is 1.08 bits per heavy atom. The van der Waals surface area contributed by atoms with Gasteiger partial charge in [0.2, 0.25) is 5.78 Å². The molecule has 124 valence electrons. The Balaban J connectivity index is 1.75. The summed E-state index contributed by atoms with van der Waals surface area (Å²) in [6.07, 6.45) is 3.73. The number of hydrogen-bond acceptors (Lipinski definition) is 3. The van der Waals surface area contributed by atoms with Crippen LogP contribution in [0.2, 0.25) is 5.02 Å². The third-order valence-corrected chi connectivity index (χ3v) is 4.32. The molecular weight excluding hydrogens is 332 g/mol. The predicted octanol–water partition coefficient (Wildman–Crippen LogP) is 4.97. The van der Waals surface area contributed by atoms with Crippen molar-refractivity contribution in [2.24, 2.45) is 0 Å². The monoisotopic (exact) mass is 348 g/mol. The number of hydrogen-bond donors (Lipinski definition) is 1. The number of benzene rings is 2. The number of fused-ring (bicyclic) bond motifs is 1. The lowest BCUT2D eigenvalue weighted by Gasteiger charge is -2.09. The number of nitrogens with one attached hydrogen (secondary N) is 1. The van der Waals surface area contributed by atoms with E-state index >= 15 is 0 Å². The fourth-order valence-corrected chi connectivity index (χ4v) is 2.96. The number of imidazole rings is 1. The van der Waals surface area contributed by atoms with Crippen LogP contribution in [-0.2, 0) is 6.54 Å². The smallest absolute Gasteiger partial charge is 0.235 e. The molecule has 0 bridgehead atoms. The van der Waals surface area contributed by atoms with E-state index in [1.54, 1.807) is 6.20 Å². The molecule has 2 aromatic carbocycles. The molecule has 0 atom stereocenters. The fraction of sp³-hybridized carbons (Fsp3) is 0.100. The molecule has 0 amide bonds. The number of rotatable bonds is 4. The highest BCUT2D eigenvalue weighted by atomic mass is 35.5. The summed E-state index contributed by atoms with van der Waals surface area (Å²) < 4.78 is 1.98. The summed E-state index contributed by atoms with van der Waals surface area (Å²) in [5.41, 5.74) is 4.32. The summed E-state index contributed by atoms with van der Waals surface area (Å²) in [6, 6.07) is 18.1. The van der Waals surface area contributed by atoms with Gasteiger partial charge in [0.1, 0.15) is 11.5 Å². The third-order valence-electron chi connectivity index (χ3n) is 4.07. The number of halogens is 1. The minimum absolute atomic E-state index is 0.678. The van der Waals surface area contributed by atoms with Gasteiger partial charge >= 0.3 is 0 Å². The zero-order valence-electron chi connectivity index (χ0n) is 13.8. The first-order valence-electron chi connectivity index (χ1n) is 8.09. The van der Waals surface area contributed by atoms with E-state index in [2.05, 4.69) is 35.4 Å². The van der Waals surface area contributed by atoms with E-state index < -0.39 is 0 Å². The molecule has 0 saturated carbocycles. The molecular formula is C20H17ClN4. The largest absolute Gasteiger partial charge is 0.365 e. The molecule has 2 aromatic heterocycles. The molecule has 0 aliphatic rings. The van der Waals surface area contributed by atoms with E-state index in [0.717, 1.165) is 27.7 Å². The molecule has 0 saturated heterocycles. The Morgan fingerprint density at radius 3 is 2.72 bits per heavy atom. The highest BCUT2D eigenvalue weighted by molar-refractivity contribution is 6.30. The first kappa shape index (κ1) is 15.7. The topological polar surface area (TPSA) is 42.2 Å². The predicted molar refractivity (Wildman–Crippen MR) is 102 cm³/mol. The Hall–Kier alpha value is -2.85. The van der Waals surface area contributed by atoms with Crippen molar-refractivity contribution >= 4 is 23.2 Å². The molecule has 4 nitrogen and oxygen atoms in total. The van der Waals surface area contributed by atoms with Gasteiger partial charge in [-0.1, -0.05) is 47.5 Å². The van der Waals surface area contributed by atoms with Crippen LogP contribution in [0.5, 0.6) is 0 Å². The molecule has 4 rings (SSSR count). The van der Waals surface area contributed by atoms with E-state index in [0.29, 0.717) is 12.3 Å². The van der Waals surface area contributed by atoms with E-state index in [1.165, 1.54) is 5.56 Å². The Morgan fingerprint density at radius 2 is 1.92 bits per heavy atom. The van der Waals surface area contributed by atoms with E-state index in [4.69, 9.17) is 16.6 Å². The maximum absolute atomic E-state index is 5.97. The number of aryl methyl sites for hydroxylation is 1. The van der Waals surface area contributed by atoms with Gasteiger partial charge in [0.05, 0.1) is 0 Å². The van der Waals surface area contributed by atoms with Crippen LogP contribution in [0.4, 0.5) is 5.82 Å². The SMILES string of the molecule is Cc1cccc(-c2nc3ncccn3c2NCc2ccc(Cl)cc2)c1. The van der Waals surface area contributed by atoms with Gasteiger partial charge in [-0.3, -0.25) is 4.40 Å². The Bertz CT molecular complexity index is 1020. The zero-order valence-corrected chi connectivity index (χ0v) is 14.5. The quantitative estimate of drug-likeness (QED) is 0.566. The Kier molecular flexibility index (Phi) is 4.12. The van der Waals surface area contributed by atoms with Crippen LogP contribution in [-0.4, -0.2) is 14.4 Å². The van der Waals surface area contributed by atoms with Crippen LogP contribution < -0.4 is 5.32 Å². The van der Waals surface area contributed by atoms with Crippen molar-refractivity contribution in [1.29, 1.82) is 0 Å². The van der Waals surface area contributed by atoms with E-state index in [9.17, 15) is 0 Å². The molecule has 0 radical (unpaired) electrons. The van der Waals surface area contributed by atoms with Gasteiger partial charge in [-0.15, -0.1) is 0 Å². The normalized spacial score (nSPS) is 11.0. The first-order valence-corrected chi connectivity index (χ1v) is 8.47. The van der Waals surface area contributed by atoms with Gasteiger partial charge in [-0.05, 0) is 36.8 Å². The van der Waals surface area contributed by atoms with Crippen molar-refractivity contribution < 1.29 is 0 Å². The summed E-state index contributed by atoms with van der Waals surface area (Å²) in [5, 5.41) is 4.25. The maximum Gasteiger partial charge on any atom is 0.235 e. The standard InChI is InChI=1S/C20H17ClN4/c1-14-4-2-5-16(12-14)18-19(25-11-3-10-22-20(25)24-18)23-13-15-6-8-17(21)9-7-15/h2-12,23H,13H2,1H3. The van der Waals surface area contributed by atoms with Crippen LogP contribution in [0.3, 0.4) is 0 Å². The second kappa shape index (κ2) is 6.57. The van der Waals surface area contributed by atoms with Crippen molar-refractivity contribution in [2.75, 3.05) is 5.32 Å². The second-order valence-electron chi connectivity index (χ2n) is 5.95. The summed E-state index contributed by atoms with van der Waals surface area (Å²) in [7, 11) is 0. The van der Waals surface area contributed by atoms with Gasteiger partial charge in [0, 0.05) is 29.5 Å². The summed E-state index contributed by atoms with van der Waals surface area (Å²) in [6.45, 7) is 2.76. The van der Waals surface area contributed by atoms with Crippen molar-refractivity contribution in [3.63, 3.8) is 0 Å². The number of aromatic nitrogens is 3. The van der Waals surface area contributed by atoms with Crippen molar-refractivity contribution in [2.45, 2.75) is 13.5 Å². The molecule has 0 aliphatic heterocycles. The van der Waals surface area contributed by atoms with Crippen LogP contribution in [0.15, 0.2) is 67.0 Å². The lowest BCUT2D eigenvalue weighted by atomic mass is 10.1. The molecule has 25 heavy (non-hydrogen) atoms. The lowest BCUT2D eigenvalue weighted by molar-refractivity contribution is 1.06. The highest BCUT2D eigenvalue weighted by Gasteiger charge is 2.14. The number of anilines is 1. The second-order valence-corrected chi connectivity index (χ2v) is 6.38. The van der Waals surface area contributed by atoms with E-state index in [1.807, 2.05) is 47.0 Å². The molecule has 2 heterocycles. The highest BCUT2D eigenvalue weighted by Crippen LogP contribution is 2.29. The van der Waals surface area contributed by atoms with Gasteiger partial charge in [-0.25, -0.2) is 9.97 Å². The van der Waals surface area contributed by atoms with Crippen LogP contribution >= 0.6 is 11.6 Å². The number of nitrogens with zero attached hydrogens (tertiary/aromatic N) is 3. The third kappa shape index (κ3) is 3.21. The molecule has 5 heteroatoms. The first-order chi connectivity index (χ1) is 12.2. The fourth-order valence-electron chi connectivity index (χ4n) is 2.84. The van der Waals surface area contributed by atoms with E-state index in [-0.39, 0.29) is 0 Å². The average molecular weight is 349 g/mol. The summed E-state index contributed by atoms with van der Waals surface area (Å²) in [4.78, 5) is 9.09. The Labute approximate surface area is 151 Å². The molecule has 0 spiro atoms. The molecule has 4 aromatic rings. The minimum Gasteiger partial charge on any atom is -0.365 e. The zero-order chi connectivity index (χ0) is 17.2. The lowest BCUT2D eigenvalue weighted by Crippen LogP contribution is -2.03. The van der Waals surface area contributed by atoms with Crippen molar-refractivity contribution in [3.8, 4) is 11.3 Å². The van der Waals surface area contributed by atoms with Crippen LogP contribution in [0.25, 0.3) is 17.0 Å². The van der Waals surface area contributed by atoms with Gasteiger partial charge in [-0.2, -0.15) is 0 Å². The van der Waals surface area contributed by atoms with Crippen molar-refractivity contribution in [3.05, 3.63) is 83.1 Å². The van der Waals surface area contributed by atoms with Gasteiger partial charge in [0.15, 0.2) is 0 Å². The molecule has 0 fully saturated rings. The van der Waals surface area contributed by atoms with Crippen LogP contribution in [0.1, 0.15) is 11.1 Å².